The van der Waals surface area contributed by atoms with Crippen molar-refractivity contribution in [3.8, 4) is 0 Å². The summed E-state index contributed by atoms with van der Waals surface area (Å²) in [5.41, 5.74) is 5.95. The van der Waals surface area contributed by atoms with Gasteiger partial charge in [0.25, 0.3) is 0 Å². The van der Waals surface area contributed by atoms with Crippen molar-refractivity contribution in [3.05, 3.63) is 11.7 Å². The Morgan fingerprint density at radius 2 is 2.12 bits per heavy atom. The molecule has 3 rings (SSSR count). The molecular weight excluding hydrogens is 242 g/mol. The van der Waals surface area contributed by atoms with Crippen LogP contribution in [0.5, 0.6) is 0 Å². The molecule has 2 unspecified atom stereocenters. The first-order valence-electron chi connectivity index (χ1n) is 5.85. The second-order valence-corrected chi connectivity index (χ2v) is 7.18. The minimum atomic E-state index is -2.91. The molecule has 2 fully saturated rings. The molecule has 2 heterocycles. The Bertz CT molecular complexity index is 521. The maximum Gasteiger partial charge on any atom is 0.243 e. The van der Waals surface area contributed by atoms with Gasteiger partial charge in [-0.1, -0.05) is 5.16 Å². The third-order valence-corrected chi connectivity index (χ3v) is 5.24. The second-order valence-electron chi connectivity index (χ2n) is 4.95. The number of nitrogens with two attached hydrogens (primary N) is 1. The third kappa shape index (κ3) is 2.21. The van der Waals surface area contributed by atoms with E-state index in [-0.39, 0.29) is 23.5 Å². The minimum absolute atomic E-state index is 0.121. The topological polar surface area (TPSA) is 99.1 Å². The maximum atomic E-state index is 11.4. The molecule has 0 amide bonds. The predicted octanol–water partition coefficient (Wildman–Crippen LogP) is 0.382. The zero-order valence-corrected chi connectivity index (χ0v) is 10.2. The van der Waals surface area contributed by atoms with E-state index in [0.717, 1.165) is 12.8 Å². The highest BCUT2D eigenvalue weighted by molar-refractivity contribution is 7.91. The van der Waals surface area contributed by atoms with E-state index in [2.05, 4.69) is 10.1 Å². The molecule has 2 N–H and O–H groups in total. The van der Waals surface area contributed by atoms with Crippen LogP contribution in [0.1, 0.15) is 42.9 Å². The molecule has 17 heavy (non-hydrogen) atoms. The summed E-state index contributed by atoms with van der Waals surface area (Å²) in [5, 5.41) is 3.86. The summed E-state index contributed by atoms with van der Waals surface area (Å²) in [6.07, 6.45) is 2.80. The van der Waals surface area contributed by atoms with Gasteiger partial charge in [-0.25, -0.2) is 8.42 Å². The highest BCUT2D eigenvalue weighted by atomic mass is 32.2. The molecule has 6 nitrogen and oxygen atoms in total. The van der Waals surface area contributed by atoms with Gasteiger partial charge in [0, 0.05) is 5.92 Å². The van der Waals surface area contributed by atoms with Gasteiger partial charge >= 0.3 is 0 Å². The molecule has 1 saturated carbocycles. The molecule has 1 aliphatic carbocycles. The highest BCUT2D eigenvalue weighted by Gasteiger charge is 2.36. The Morgan fingerprint density at radius 1 is 1.35 bits per heavy atom. The van der Waals surface area contributed by atoms with Crippen LogP contribution in [-0.4, -0.2) is 30.1 Å². The van der Waals surface area contributed by atoms with E-state index < -0.39 is 9.84 Å². The van der Waals surface area contributed by atoms with Crippen LogP contribution in [0.3, 0.4) is 0 Å². The van der Waals surface area contributed by atoms with Gasteiger partial charge in [-0.05, 0) is 25.2 Å². The van der Waals surface area contributed by atoms with Crippen LogP contribution in [0, 0.1) is 5.92 Å². The van der Waals surface area contributed by atoms with Crippen molar-refractivity contribution in [3.63, 3.8) is 0 Å². The summed E-state index contributed by atoms with van der Waals surface area (Å²) in [4.78, 5) is 4.25. The van der Waals surface area contributed by atoms with E-state index in [9.17, 15) is 8.42 Å². The van der Waals surface area contributed by atoms with Crippen molar-refractivity contribution in [2.24, 2.45) is 11.7 Å². The summed E-state index contributed by atoms with van der Waals surface area (Å²) in [5.74, 6) is 1.63. The zero-order chi connectivity index (χ0) is 12.0. The van der Waals surface area contributed by atoms with Gasteiger partial charge in [-0.2, -0.15) is 4.98 Å². The summed E-state index contributed by atoms with van der Waals surface area (Å²) in [6.45, 7) is 0. The number of nitrogens with zero attached hydrogens (tertiary/aromatic N) is 2. The van der Waals surface area contributed by atoms with E-state index >= 15 is 0 Å². The SMILES string of the molecule is NC(c1nc(C2CCS(=O)(=O)C2)no1)C1CC1. The lowest BCUT2D eigenvalue weighted by molar-refractivity contribution is 0.338. The number of rotatable bonds is 3. The normalized spacial score (nSPS) is 29.4. The Morgan fingerprint density at radius 3 is 2.71 bits per heavy atom. The average Bonchev–Trinajstić information content (AvgIpc) is 2.89. The van der Waals surface area contributed by atoms with Crippen molar-refractivity contribution in [2.45, 2.75) is 31.2 Å². The van der Waals surface area contributed by atoms with Gasteiger partial charge in [-0.3, -0.25) is 0 Å². The molecule has 0 bridgehead atoms. The molecule has 1 aliphatic heterocycles. The Labute approximate surface area is 99.5 Å². The molecule has 1 aromatic rings. The molecule has 7 heteroatoms. The largest absolute Gasteiger partial charge is 0.338 e. The second kappa shape index (κ2) is 3.78. The lowest BCUT2D eigenvalue weighted by Crippen LogP contribution is -2.13. The molecule has 94 valence electrons. The standard InChI is InChI=1S/C10H15N3O3S/c11-8(6-1-2-6)10-12-9(13-16-10)7-3-4-17(14,15)5-7/h6-8H,1-5,11H2. The fourth-order valence-electron chi connectivity index (χ4n) is 2.20. The Hall–Kier alpha value is -0.950. The quantitative estimate of drug-likeness (QED) is 0.840. The first-order chi connectivity index (χ1) is 8.05. The van der Waals surface area contributed by atoms with Crippen LogP contribution in [0.4, 0.5) is 0 Å². The lowest BCUT2D eigenvalue weighted by Gasteiger charge is -2.02. The summed E-state index contributed by atoms with van der Waals surface area (Å²) < 4.78 is 27.9. The van der Waals surface area contributed by atoms with Crippen LogP contribution >= 0.6 is 0 Å². The number of aromatic nitrogens is 2. The average molecular weight is 257 g/mol. The fourth-order valence-corrected chi connectivity index (χ4v) is 3.94. The van der Waals surface area contributed by atoms with Gasteiger partial charge in [0.15, 0.2) is 15.7 Å². The molecule has 0 aromatic carbocycles. The molecule has 1 saturated heterocycles. The molecule has 2 aliphatic rings. The van der Waals surface area contributed by atoms with Crippen molar-refractivity contribution >= 4 is 9.84 Å². The van der Waals surface area contributed by atoms with E-state index in [1.807, 2.05) is 0 Å². The van der Waals surface area contributed by atoms with E-state index in [1.165, 1.54) is 0 Å². The van der Waals surface area contributed by atoms with Gasteiger partial charge in [0.1, 0.15) is 0 Å². The van der Waals surface area contributed by atoms with Gasteiger partial charge in [-0.15, -0.1) is 0 Å². The summed E-state index contributed by atoms with van der Waals surface area (Å²) in [7, 11) is -2.91. The molecule has 2 atom stereocenters. The molecular formula is C10H15N3O3S. The van der Waals surface area contributed by atoms with Crippen molar-refractivity contribution in [1.29, 1.82) is 0 Å². The van der Waals surface area contributed by atoms with Crippen molar-refractivity contribution in [1.82, 2.24) is 10.1 Å². The van der Waals surface area contributed by atoms with E-state index in [4.69, 9.17) is 10.3 Å². The first kappa shape index (κ1) is 11.2. The van der Waals surface area contributed by atoms with Crippen LogP contribution in [0.2, 0.25) is 0 Å². The van der Waals surface area contributed by atoms with Crippen LogP contribution in [0.15, 0.2) is 4.52 Å². The van der Waals surface area contributed by atoms with Crippen LogP contribution in [0.25, 0.3) is 0 Å². The molecule has 1 aromatic heterocycles. The fraction of sp³-hybridized carbons (Fsp3) is 0.800. The van der Waals surface area contributed by atoms with Gasteiger partial charge < -0.3 is 10.3 Å². The van der Waals surface area contributed by atoms with Gasteiger partial charge in [0.05, 0.1) is 17.5 Å². The smallest absolute Gasteiger partial charge is 0.243 e. The number of hydrogen-bond acceptors (Lipinski definition) is 6. The third-order valence-electron chi connectivity index (χ3n) is 3.47. The van der Waals surface area contributed by atoms with Crippen LogP contribution in [-0.2, 0) is 9.84 Å². The molecule has 0 radical (unpaired) electrons. The minimum Gasteiger partial charge on any atom is -0.338 e. The molecule has 0 spiro atoms. The zero-order valence-electron chi connectivity index (χ0n) is 9.37. The number of hydrogen-bond donors (Lipinski definition) is 1. The van der Waals surface area contributed by atoms with Crippen LogP contribution < -0.4 is 5.73 Å². The maximum absolute atomic E-state index is 11.4. The Balaban J connectivity index is 1.76. The Kier molecular flexibility index (Phi) is 2.48. The number of sulfone groups is 1. The summed E-state index contributed by atoms with van der Waals surface area (Å²) in [6, 6.07) is -0.186. The van der Waals surface area contributed by atoms with Crippen molar-refractivity contribution in [2.75, 3.05) is 11.5 Å². The predicted molar refractivity (Wildman–Crippen MR) is 60.0 cm³/mol. The summed E-state index contributed by atoms with van der Waals surface area (Å²) >= 11 is 0. The highest BCUT2D eigenvalue weighted by Crippen LogP contribution is 2.39. The van der Waals surface area contributed by atoms with E-state index in [0.29, 0.717) is 24.1 Å². The monoisotopic (exact) mass is 257 g/mol. The van der Waals surface area contributed by atoms with E-state index in [1.54, 1.807) is 0 Å². The lowest BCUT2D eigenvalue weighted by atomic mass is 10.1. The van der Waals surface area contributed by atoms with Gasteiger partial charge in [0.2, 0.25) is 5.89 Å². The van der Waals surface area contributed by atoms with Crippen molar-refractivity contribution < 1.29 is 12.9 Å². The first-order valence-corrected chi connectivity index (χ1v) is 7.67.